The second-order valence-corrected chi connectivity index (χ2v) is 7.24. The lowest BCUT2D eigenvalue weighted by Crippen LogP contribution is -2.50. The molecule has 0 saturated heterocycles. The van der Waals surface area contributed by atoms with E-state index in [4.69, 9.17) is 0 Å². The number of rotatable bonds is 5. The van der Waals surface area contributed by atoms with Crippen LogP contribution in [0.5, 0.6) is 5.75 Å². The molecular weight excluding hydrogens is 585 g/mol. The highest BCUT2D eigenvalue weighted by Gasteiger charge is 2.73. The second kappa shape index (κ2) is 9.12. The van der Waals surface area contributed by atoms with Crippen molar-refractivity contribution in [3.8, 4) is 5.75 Å². The van der Waals surface area contributed by atoms with Crippen LogP contribution in [0.3, 0.4) is 0 Å². The van der Waals surface area contributed by atoms with E-state index in [1.807, 2.05) is 0 Å². The Hall–Kier alpha value is -3.18. The molecule has 0 heterocycles. The number of halogens is 12. The number of anilines is 1. The number of nitro benzene ring substituents is 1. The molecule has 0 bridgehead atoms. The average Bonchev–Trinajstić information content (AvgIpc) is 2.66. The van der Waals surface area contributed by atoms with Gasteiger partial charge in [0.25, 0.3) is 5.91 Å². The topological polar surface area (TPSA) is 81.5 Å². The van der Waals surface area contributed by atoms with Crippen LogP contribution in [-0.4, -0.2) is 29.5 Å². The van der Waals surface area contributed by atoms with Crippen molar-refractivity contribution in [1.82, 2.24) is 0 Å². The smallest absolute Gasteiger partial charge is 0.404 e. The molecule has 18 heteroatoms. The number of nitrogens with one attached hydrogen (secondary N) is 1. The first-order chi connectivity index (χ1) is 15.7. The second-order valence-electron chi connectivity index (χ2n) is 6.38. The van der Waals surface area contributed by atoms with E-state index in [-0.39, 0.29) is 6.07 Å². The minimum Gasteiger partial charge on any atom is -0.404 e. The molecule has 0 aliphatic carbocycles. The number of alkyl halides is 10. The van der Waals surface area contributed by atoms with Crippen LogP contribution in [0.2, 0.25) is 0 Å². The lowest BCUT2D eigenvalue weighted by Gasteiger charge is -2.31. The van der Waals surface area contributed by atoms with Crippen LogP contribution in [0, 0.1) is 15.9 Å². The number of ether oxygens (including phenoxy) is 1. The summed E-state index contributed by atoms with van der Waals surface area (Å²) >= 11 is 2.32. The maximum atomic E-state index is 14.4. The van der Waals surface area contributed by atoms with E-state index in [0.717, 1.165) is 6.07 Å². The van der Waals surface area contributed by atoms with Gasteiger partial charge in [-0.2, -0.15) is 30.7 Å². The highest BCUT2D eigenvalue weighted by Crippen LogP contribution is 2.55. The number of amides is 1. The Labute approximate surface area is 193 Å². The predicted octanol–water partition coefficient (Wildman–Crippen LogP) is 6.94. The largest absolute Gasteiger partial charge is 0.573 e. The molecule has 1 amide bonds. The first-order valence-electron chi connectivity index (χ1n) is 8.37. The van der Waals surface area contributed by atoms with Gasteiger partial charge in [-0.25, -0.2) is 4.39 Å². The fourth-order valence-corrected chi connectivity index (χ4v) is 3.15. The molecule has 2 rings (SSSR count). The number of hydrogen-bond acceptors (Lipinski definition) is 4. The molecule has 1 N–H and O–H groups in total. The fraction of sp³-hybridized carbons (Fsp3) is 0.235. The highest BCUT2D eigenvalue weighted by atomic mass is 79.9. The molecular formula is C17H6BrF11N2O4. The fourth-order valence-electron chi connectivity index (χ4n) is 2.61. The number of benzene rings is 2. The molecule has 35 heavy (non-hydrogen) atoms. The molecule has 0 unspecified atom stereocenters. The maximum Gasteiger partial charge on any atom is 0.573 e. The number of nitrogens with zero attached hydrogens (tertiary/aromatic N) is 1. The quantitative estimate of drug-likeness (QED) is 0.232. The summed E-state index contributed by atoms with van der Waals surface area (Å²) < 4.78 is 147. The minimum absolute atomic E-state index is 0.233. The Balaban J connectivity index is 2.71. The van der Waals surface area contributed by atoms with Crippen LogP contribution in [0.25, 0.3) is 0 Å². The van der Waals surface area contributed by atoms with Gasteiger partial charge in [0.1, 0.15) is 0 Å². The van der Waals surface area contributed by atoms with Gasteiger partial charge in [0.15, 0.2) is 5.75 Å². The Bertz CT molecular complexity index is 1150. The summed E-state index contributed by atoms with van der Waals surface area (Å²) in [5.41, 5.74) is -12.2. The summed E-state index contributed by atoms with van der Waals surface area (Å²) in [7, 11) is 0. The summed E-state index contributed by atoms with van der Waals surface area (Å²) in [5, 5.41) is 12.3. The van der Waals surface area contributed by atoms with E-state index in [1.165, 1.54) is 5.32 Å². The number of carbonyl (C=O) groups is 1. The lowest BCUT2D eigenvalue weighted by molar-refractivity contribution is -0.387. The van der Waals surface area contributed by atoms with E-state index in [0.29, 0.717) is 12.1 Å². The monoisotopic (exact) mass is 590 g/mol. The zero-order valence-corrected chi connectivity index (χ0v) is 17.6. The molecule has 0 saturated carbocycles. The van der Waals surface area contributed by atoms with Crippen molar-refractivity contribution < 1.29 is 62.7 Å². The third-order valence-corrected chi connectivity index (χ3v) is 4.74. The Morgan fingerprint density at radius 3 is 1.97 bits per heavy atom. The van der Waals surface area contributed by atoms with Gasteiger partial charge < -0.3 is 10.1 Å². The average molecular weight is 591 g/mol. The van der Waals surface area contributed by atoms with Gasteiger partial charge in [0.2, 0.25) is 5.82 Å². The molecule has 192 valence electrons. The van der Waals surface area contributed by atoms with Crippen molar-refractivity contribution in [3.63, 3.8) is 0 Å². The van der Waals surface area contributed by atoms with Crippen LogP contribution in [-0.2, 0) is 5.67 Å². The molecule has 0 atom stereocenters. The van der Waals surface area contributed by atoms with Crippen molar-refractivity contribution in [2.24, 2.45) is 0 Å². The lowest BCUT2D eigenvalue weighted by atomic mass is 9.93. The van der Waals surface area contributed by atoms with Crippen molar-refractivity contribution in [2.75, 3.05) is 5.32 Å². The normalized spacial score (nSPS) is 12.9. The summed E-state index contributed by atoms with van der Waals surface area (Å²) in [5.74, 6) is -5.43. The summed E-state index contributed by atoms with van der Waals surface area (Å²) in [6.45, 7) is 0. The third-order valence-electron chi connectivity index (χ3n) is 4.12. The highest BCUT2D eigenvalue weighted by molar-refractivity contribution is 9.10. The van der Waals surface area contributed by atoms with Gasteiger partial charge in [-0.15, -0.1) is 13.2 Å². The summed E-state index contributed by atoms with van der Waals surface area (Å²) in [4.78, 5) is 21.8. The SMILES string of the molecule is O=C(Nc1c(Br)cc(C(F)(C(F)(F)F)C(F)(F)F)cc1OC(F)(F)F)c1cccc([N+](=O)[O-])c1F. The Morgan fingerprint density at radius 1 is 0.971 bits per heavy atom. The zero-order chi connectivity index (χ0) is 27.1. The molecule has 0 radical (unpaired) electrons. The van der Waals surface area contributed by atoms with E-state index in [2.05, 4.69) is 20.7 Å². The van der Waals surface area contributed by atoms with Gasteiger partial charge in [-0.1, -0.05) is 6.07 Å². The minimum atomic E-state index is -6.70. The van der Waals surface area contributed by atoms with E-state index >= 15 is 0 Å². The number of nitro groups is 1. The van der Waals surface area contributed by atoms with Crippen molar-refractivity contribution in [2.45, 2.75) is 24.4 Å². The van der Waals surface area contributed by atoms with Gasteiger partial charge >= 0.3 is 30.1 Å². The standard InChI is InChI=1S/C17H6BrF11N2O4/c18-8-4-6(14(20,15(21,22)23)16(24,25)26)5-10(35-17(27,28)29)12(8)30-13(32)7-2-1-3-9(11(7)19)31(33)34/h1-5H,(H,30,32). The maximum absolute atomic E-state index is 14.4. The Morgan fingerprint density at radius 2 is 1.51 bits per heavy atom. The molecule has 0 aliphatic heterocycles. The van der Waals surface area contributed by atoms with Gasteiger partial charge in [-0.05, 0) is 34.1 Å². The predicted molar refractivity (Wildman–Crippen MR) is 96.7 cm³/mol. The molecule has 0 aliphatic rings. The first kappa shape index (κ1) is 28.1. The van der Waals surface area contributed by atoms with Crippen molar-refractivity contribution in [1.29, 1.82) is 0 Å². The van der Waals surface area contributed by atoms with Crippen LogP contribution < -0.4 is 10.1 Å². The van der Waals surface area contributed by atoms with E-state index < -0.39 is 79.8 Å². The molecule has 2 aromatic carbocycles. The summed E-state index contributed by atoms with van der Waals surface area (Å²) in [6, 6.07) is 1.20. The van der Waals surface area contributed by atoms with E-state index in [9.17, 15) is 63.2 Å². The molecule has 6 nitrogen and oxygen atoms in total. The molecule has 0 fully saturated rings. The number of hydrogen-bond donors (Lipinski definition) is 1. The number of carbonyl (C=O) groups excluding carboxylic acids is 1. The molecule has 0 aromatic heterocycles. The van der Waals surface area contributed by atoms with Crippen molar-refractivity contribution in [3.05, 3.63) is 61.9 Å². The van der Waals surface area contributed by atoms with Crippen LogP contribution in [0.4, 0.5) is 59.7 Å². The summed E-state index contributed by atoms with van der Waals surface area (Å²) in [6.07, 6.45) is -19.2. The van der Waals surface area contributed by atoms with Gasteiger partial charge in [0.05, 0.1) is 16.2 Å². The van der Waals surface area contributed by atoms with Crippen LogP contribution in [0.1, 0.15) is 15.9 Å². The zero-order valence-electron chi connectivity index (χ0n) is 16.0. The van der Waals surface area contributed by atoms with E-state index in [1.54, 1.807) is 0 Å². The molecule has 0 spiro atoms. The third kappa shape index (κ3) is 5.57. The Kier molecular flexibility index (Phi) is 7.31. The van der Waals surface area contributed by atoms with Crippen LogP contribution >= 0.6 is 15.9 Å². The van der Waals surface area contributed by atoms with Gasteiger partial charge in [-0.3, -0.25) is 14.9 Å². The van der Waals surface area contributed by atoms with Gasteiger partial charge in [0, 0.05) is 16.1 Å². The van der Waals surface area contributed by atoms with Crippen molar-refractivity contribution >= 4 is 33.2 Å². The van der Waals surface area contributed by atoms with Crippen LogP contribution in [0.15, 0.2) is 34.8 Å². The first-order valence-corrected chi connectivity index (χ1v) is 9.16. The molecule has 2 aromatic rings.